The van der Waals surface area contributed by atoms with Crippen LogP contribution in [0.2, 0.25) is 10.0 Å². The van der Waals surface area contributed by atoms with Crippen LogP contribution in [0.5, 0.6) is 11.5 Å². The van der Waals surface area contributed by atoms with E-state index in [0.29, 0.717) is 13.0 Å². The molecule has 0 spiro atoms. The van der Waals surface area contributed by atoms with Crippen LogP contribution in [0, 0.1) is 0 Å². The number of hydrogen-bond acceptors (Lipinski definition) is 3. The molecule has 0 aliphatic carbocycles. The lowest BCUT2D eigenvalue weighted by atomic mass is 10.1. The number of amides is 1. The summed E-state index contributed by atoms with van der Waals surface area (Å²) in [5, 5.41) is 13.4. The smallest absolute Gasteiger partial charge is 0.255 e. The number of carbonyl (C=O) groups is 1. The van der Waals surface area contributed by atoms with Crippen molar-refractivity contribution in [2.75, 3.05) is 6.61 Å². The number of halogens is 2. The maximum atomic E-state index is 12.6. The second kappa shape index (κ2) is 10.4. The Bertz CT molecular complexity index is 766. The highest BCUT2D eigenvalue weighted by molar-refractivity contribution is 6.39. The zero-order valence-electron chi connectivity index (χ0n) is 15.6. The molecule has 2 N–H and O–H groups in total. The Morgan fingerprint density at radius 3 is 2.59 bits per heavy atom. The number of carbonyl (C=O) groups excluding carboxylic acids is 1. The van der Waals surface area contributed by atoms with Crippen LogP contribution in [-0.4, -0.2) is 23.7 Å². The van der Waals surface area contributed by atoms with E-state index < -0.39 is 5.91 Å². The van der Waals surface area contributed by atoms with E-state index in [2.05, 4.69) is 12.2 Å². The van der Waals surface area contributed by atoms with Crippen LogP contribution in [0.4, 0.5) is 0 Å². The molecule has 0 radical (unpaired) electrons. The second-order valence-corrected chi connectivity index (χ2v) is 7.30. The van der Waals surface area contributed by atoms with Crippen molar-refractivity contribution >= 4 is 29.1 Å². The molecule has 0 aliphatic heterocycles. The summed E-state index contributed by atoms with van der Waals surface area (Å²) in [4.78, 5) is 12.6. The number of ether oxygens (including phenoxy) is 1. The van der Waals surface area contributed by atoms with Crippen molar-refractivity contribution in [3.8, 4) is 11.5 Å². The first kappa shape index (κ1) is 21.4. The predicted molar refractivity (Wildman–Crippen MR) is 110 cm³/mol. The first-order valence-corrected chi connectivity index (χ1v) is 9.88. The zero-order chi connectivity index (χ0) is 19.8. The van der Waals surface area contributed by atoms with Gasteiger partial charge in [-0.1, -0.05) is 73.3 Å². The highest BCUT2D eigenvalue weighted by Gasteiger charge is 2.22. The summed E-state index contributed by atoms with van der Waals surface area (Å²) in [7, 11) is 0. The van der Waals surface area contributed by atoms with Gasteiger partial charge in [-0.15, -0.1) is 0 Å². The average Bonchev–Trinajstić information content (AvgIpc) is 2.64. The minimum Gasteiger partial charge on any atom is -0.505 e. The van der Waals surface area contributed by atoms with Gasteiger partial charge >= 0.3 is 0 Å². The van der Waals surface area contributed by atoms with Gasteiger partial charge in [0.25, 0.3) is 5.91 Å². The predicted octanol–water partition coefficient (Wildman–Crippen LogP) is 5.63. The largest absolute Gasteiger partial charge is 0.505 e. The molecule has 0 unspecified atom stereocenters. The fourth-order valence-electron chi connectivity index (χ4n) is 2.74. The number of benzene rings is 2. The van der Waals surface area contributed by atoms with Crippen LogP contribution in [0.15, 0.2) is 36.4 Å². The fraction of sp³-hybridized carbons (Fsp3) is 0.381. The monoisotopic (exact) mass is 409 g/mol. The molecule has 2 aromatic rings. The van der Waals surface area contributed by atoms with Gasteiger partial charge in [0.2, 0.25) is 0 Å². The lowest BCUT2D eigenvalue weighted by molar-refractivity contribution is 0.0937. The molecule has 0 aromatic heterocycles. The van der Waals surface area contributed by atoms with Gasteiger partial charge in [0.05, 0.1) is 17.2 Å². The normalized spacial score (nSPS) is 11.9. The van der Waals surface area contributed by atoms with Crippen LogP contribution in [0.3, 0.4) is 0 Å². The quantitative estimate of drug-likeness (QED) is 0.527. The van der Waals surface area contributed by atoms with E-state index in [-0.39, 0.29) is 33.1 Å². The van der Waals surface area contributed by atoms with E-state index in [1.165, 1.54) is 6.07 Å². The van der Waals surface area contributed by atoms with E-state index in [4.69, 9.17) is 27.9 Å². The molecule has 146 valence electrons. The molecule has 0 aliphatic rings. The van der Waals surface area contributed by atoms with Crippen LogP contribution >= 0.6 is 23.2 Å². The minimum absolute atomic E-state index is 0.0332. The molecule has 1 atom stereocenters. The van der Waals surface area contributed by atoms with Gasteiger partial charge in [0.1, 0.15) is 5.02 Å². The van der Waals surface area contributed by atoms with Crippen LogP contribution in [-0.2, 0) is 6.42 Å². The molecule has 1 amide bonds. The van der Waals surface area contributed by atoms with E-state index in [1.807, 2.05) is 37.3 Å². The lowest BCUT2D eigenvalue weighted by Gasteiger charge is -2.17. The summed E-state index contributed by atoms with van der Waals surface area (Å²) < 4.78 is 5.59. The first-order valence-electron chi connectivity index (χ1n) is 9.12. The van der Waals surface area contributed by atoms with Crippen molar-refractivity contribution in [1.29, 1.82) is 0 Å². The Kier molecular flexibility index (Phi) is 8.26. The molecule has 27 heavy (non-hydrogen) atoms. The summed E-state index contributed by atoms with van der Waals surface area (Å²) in [6, 6.07) is 11.1. The molecule has 4 nitrogen and oxygen atoms in total. The van der Waals surface area contributed by atoms with Gasteiger partial charge in [-0.05, 0) is 31.4 Å². The van der Waals surface area contributed by atoms with E-state index in [9.17, 15) is 9.90 Å². The second-order valence-electron chi connectivity index (χ2n) is 6.52. The number of nitrogens with one attached hydrogen (secondary N) is 1. The summed E-state index contributed by atoms with van der Waals surface area (Å²) in [5.41, 5.74) is 1.15. The van der Waals surface area contributed by atoms with Crippen molar-refractivity contribution in [1.82, 2.24) is 5.32 Å². The summed E-state index contributed by atoms with van der Waals surface area (Å²) in [6.07, 6.45) is 3.63. The molecule has 0 saturated heterocycles. The van der Waals surface area contributed by atoms with Crippen molar-refractivity contribution in [3.05, 3.63) is 57.6 Å². The number of hydrogen-bond donors (Lipinski definition) is 2. The SMILES string of the molecule is CCCCCOc1c(Cl)cc(C(=O)N[C@H](C)Cc2ccccc2)c(O)c1Cl. The Morgan fingerprint density at radius 2 is 1.93 bits per heavy atom. The number of aromatic hydroxyl groups is 1. The maximum absolute atomic E-state index is 12.6. The fourth-order valence-corrected chi connectivity index (χ4v) is 3.31. The number of rotatable bonds is 9. The van der Waals surface area contributed by atoms with Gasteiger partial charge in [0.15, 0.2) is 11.5 Å². The topological polar surface area (TPSA) is 58.6 Å². The van der Waals surface area contributed by atoms with Gasteiger partial charge in [-0.25, -0.2) is 0 Å². The van der Waals surface area contributed by atoms with Crippen molar-refractivity contribution in [3.63, 3.8) is 0 Å². The Labute approximate surface area is 170 Å². The van der Waals surface area contributed by atoms with Gasteiger partial charge < -0.3 is 15.2 Å². The van der Waals surface area contributed by atoms with Gasteiger partial charge in [-0.2, -0.15) is 0 Å². The molecule has 0 saturated carbocycles. The molecular weight excluding hydrogens is 385 g/mol. The third-order valence-electron chi connectivity index (χ3n) is 4.15. The van der Waals surface area contributed by atoms with Crippen molar-refractivity contribution < 1.29 is 14.6 Å². The molecule has 0 bridgehead atoms. The third kappa shape index (κ3) is 6.05. The highest BCUT2D eigenvalue weighted by Crippen LogP contribution is 2.42. The van der Waals surface area contributed by atoms with Crippen molar-refractivity contribution in [2.24, 2.45) is 0 Å². The maximum Gasteiger partial charge on any atom is 0.255 e. The number of phenolic OH excluding ortho intramolecular Hbond substituents is 1. The highest BCUT2D eigenvalue weighted by atomic mass is 35.5. The van der Waals surface area contributed by atoms with Crippen LogP contribution in [0.25, 0.3) is 0 Å². The minimum atomic E-state index is -0.433. The molecule has 2 rings (SSSR count). The third-order valence-corrected chi connectivity index (χ3v) is 4.78. The standard InChI is InChI=1S/C21H25Cl2NO3/c1-3-4-8-11-27-20-17(22)13-16(19(25)18(20)23)21(26)24-14(2)12-15-9-6-5-7-10-15/h5-7,9-10,13-14,25H,3-4,8,11-12H2,1-2H3,(H,24,26)/t14-/m1/s1. The molecule has 2 aromatic carbocycles. The number of unbranched alkanes of at least 4 members (excludes halogenated alkanes) is 2. The van der Waals surface area contributed by atoms with E-state index in [1.54, 1.807) is 0 Å². The Balaban J connectivity index is 2.07. The summed E-state index contributed by atoms with van der Waals surface area (Å²) in [5.74, 6) is -0.547. The molecule has 0 heterocycles. The number of phenols is 1. The zero-order valence-corrected chi connectivity index (χ0v) is 17.1. The van der Waals surface area contributed by atoms with Gasteiger partial charge in [0, 0.05) is 6.04 Å². The Morgan fingerprint density at radius 1 is 1.22 bits per heavy atom. The van der Waals surface area contributed by atoms with Crippen LogP contribution in [0.1, 0.15) is 49.0 Å². The average molecular weight is 410 g/mol. The molecule has 6 heteroatoms. The van der Waals surface area contributed by atoms with E-state index in [0.717, 1.165) is 24.8 Å². The summed E-state index contributed by atoms with van der Waals surface area (Å²) >= 11 is 12.4. The summed E-state index contributed by atoms with van der Waals surface area (Å²) in [6.45, 7) is 4.45. The first-order chi connectivity index (χ1) is 12.9. The van der Waals surface area contributed by atoms with Crippen LogP contribution < -0.4 is 10.1 Å². The van der Waals surface area contributed by atoms with E-state index >= 15 is 0 Å². The molecular formula is C21H25Cl2NO3. The van der Waals surface area contributed by atoms with Gasteiger partial charge in [-0.3, -0.25) is 4.79 Å². The van der Waals surface area contributed by atoms with Crippen molar-refractivity contribution in [2.45, 2.75) is 45.6 Å². The lowest BCUT2D eigenvalue weighted by Crippen LogP contribution is -2.34. The Hall–Kier alpha value is -1.91. The molecule has 0 fully saturated rings.